The van der Waals surface area contributed by atoms with Crippen LogP contribution >= 0.6 is 11.3 Å². The van der Waals surface area contributed by atoms with Gasteiger partial charge in [0, 0.05) is 16.6 Å². The molecule has 0 saturated heterocycles. The first-order valence-corrected chi connectivity index (χ1v) is 10.5. The van der Waals surface area contributed by atoms with Crippen molar-refractivity contribution in [2.45, 2.75) is 13.3 Å². The Morgan fingerprint density at radius 1 is 1.07 bits per heavy atom. The highest BCUT2D eigenvalue weighted by Gasteiger charge is 2.14. The van der Waals surface area contributed by atoms with E-state index in [9.17, 15) is 4.79 Å². The molecule has 0 atom stereocenters. The van der Waals surface area contributed by atoms with Crippen molar-refractivity contribution in [3.8, 4) is 16.9 Å². The second kappa shape index (κ2) is 8.92. The van der Waals surface area contributed by atoms with E-state index in [1.807, 2.05) is 43.3 Å². The molecule has 0 amide bonds. The van der Waals surface area contributed by atoms with Gasteiger partial charge in [-0.2, -0.15) is 0 Å². The minimum atomic E-state index is -0.313. The Morgan fingerprint density at radius 2 is 1.83 bits per heavy atom. The van der Waals surface area contributed by atoms with Gasteiger partial charge in [0.25, 0.3) is 0 Å². The van der Waals surface area contributed by atoms with Crippen molar-refractivity contribution in [2.24, 2.45) is 0 Å². The van der Waals surface area contributed by atoms with Crippen LogP contribution in [0.5, 0.6) is 5.75 Å². The predicted octanol–water partition coefficient (Wildman–Crippen LogP) is 5.68. The van der Waals surface area contributed by atoms with Crippen LogP contribution in [0.3, 0.4) is 0 Å². The molecule has 152 valence electrons. The number of anilines is 2. The number of ether oxygens (including phenoxy) is 2. The van der Waals surface area contributed by atoms with Gasteiger partial charge < -0.3 is 14.8 Å². The van der Waals surface area contributed by atoms with Crippen LogP contribution in [0.15, 0.2) is 60.2 Å². The molecule has 7 heteroatoms. The van der Waals surface area contributed by atoms with Crippen molar-refractivity contribution < 1.29 is 14.3 Å². The lowest BCUT2D eigenvalue weighted by atomic mass is 10.1. The third-order valence-corrected chi connectivity index (χ3v) is 5.48. The highest BCUT2D eigenvalue weighted by molar-refractivity contribution is 7.17. The molecule has 1 N–H and O–H groups in total. The van der Waals surface area contributed by atoms with E-state index in [0.717, 1.165) is 39.2 Å². The van der Waals surface area contributed by atoms with E-state index < -0.39 is 0 Å². The van der Waals surface area contributed by atoms with Gasteiger partial charge in [-0.05, 0) is 48.4 Å². The summed E-state index contributed by atoms with van der Waals surface area (Å²) in [5, 5.41) is 6.39. The Kier molecular flexibility index (Phi) is 5.90. The lowest BCUT2D eigenvalue weighted by Crippen LogP contribution is -2.05. The van der Waals surface area contributed by atoms with Gasteiger partial charge in [-0.3, -0.25) is 0 Å². The molecule has 2 heterocycles. The third-order valence-electron chi connectivity index (χ3n) is 4.59. The molecule has 0 fully saturated rings. The van der Waals surface area contributed by atoms with Gasteiger partial charge in [-0.1, -0.05) is 19.1 Å². The molecule has 0 unspecified atom stereocenters. The summed E-state index contributed by atoms with van der Waals surface area (Å²) in [6.45, 7) is 2.39. The molecule has 0 aliphatic carbocycles. The monoisotopic (exact) mass is 419 g/mol. The fourth-order valence-corrected chi connectivity index (χ4v) is 3.97. The quantitative estimate of drug-likeness (QED) is 0.389. The van der Waals surface area contributed by atoms with E-state index in [-0.39, 0.29) is 5.97 Å². The number of rotatable bonds is 7. The topological polar surface area (TPSA) is 73.3 Å². The van der Waals surface area contributed by atoms with Crippen molar-refractivity contribution in [1.82, 2.24) is 9.97 Å². The number of esters is 1. The molecule has 2 aromatic carbocycles. The number of methoxy groups -OCH3 is 1. The number of aromatic nitrogens is 2. The summed E-state index contributed by atoms with van der Waals surface area (Å²) >= 11 is 1.57. The molecule has 0 spiro atoms. The first kappa shape index (κ1) is 19.8. The second-order valence-electron chi connectivity index (χ2n) is 6.62. The molecule has 2 aromatic heterocycles. The smallest absolute Gasteiger partial charge is 0.338 e. The van der Waals surface area contributed by atoms with Crippen LogP contribution in [-0.4, -0.2) is 29.7 Å². The van der Waals surface area contributed by atoms with Crippen molar-refractivity contribution in [1.29, 1.82) is 0 Å². The Hall–Kier alpha value is -3.45. The highest BCUT2D eigenvalue weighted by atomic mass is 32.1. The molecule has 4 aromatic rings. The number of fused-ring (bicyclic) bond motifs is 1. The van der Waals surface area contributed by atoms with Gasteiger partial charge in [-0.15, -0.1) is 11.3 Å². The summed E-state index contributed by atoms with van der Waals surface area (Å²) < 4.78 is 10.4. The molecule has 6 nitrogen and oxygen atoms in total. The molecule has 0 aliphatic heterocycles. The number of hydrogen-bond donors (Lipinski definition) is 1. The zero-order valence-corrected chi connectivity index (χ0v) is 17.5. The van der Waals surface area contributed by atoms with Crippen LogP contribution in [0, 0.1) is 0 Å². The molecule has 30 heavy (non-hydrogen) atoms. The van der Waals surface area contributed by atoms with Gasteiger partial charge in [0.2, 0.25) is 0 Å². The Balaban J connectivity index is 1.63. The van der Waals surface area contributed by atoms with Crippen molar-refractivity contribution in [3.05, 3.63) is 65.8 Å². The largest absolute Gasteiger partial charge is 0.497 e. The van der Waals surface area contributed by atoms with Crippen LogP contribution < -0.4 is 10.1 Å². The standard InChI is InChI=1S/C23H21N3O3S/c1-3-12-29-23(27)16-4-8-17(9-5-16)26-21-20-19(13-30-22(20)25-14-24-21)15-6-10-18(28-2)11-7-15/h4-11,13-14H,3,12H2,1-2H3,(H,24,25,26). The number of benzene rings is 2. The molecular weight excluding hydrogens is 398 g/mol. The van der Waals surface area contributed by atoms with E-state index in [0.29, 0.717) is 18.0 Å². The first-order chi connectivity index (χ1) is 14.7. The fourth-order valence-electron chi connectivity index (χ4n) is 3.06. The normalized spacial score (nSPS) is 10.7. The maximum atomic E-state index is 12.0. The summed E-state index contributed by atoms with van der Waals surface area (Å²) in [5.41, 5.74) is 3.47. The number of hydrogen-bond acceptors (Lipinski definition) is 7. The number of carbonyl (C=O) groups is 1. The zero-order chi connectivity index (χ0) is 20.9. The van der Waals surface area contributed by atoms with Crippen LogP contribution in [0.25, 0.3) is 21.3 Å². The van der Waals surface area contributed by atoms with E-state index in [2.05, 4.69) is 20.7 Å². The van der Waals surface area contributed by atoms with E-state index in [4.69, 9.17) is 9.47 Å². The third kappa shape index (κ3) is 4.11. The first-order valence-electron chi connectivity index (χ1n) is 9.60. The van der Waals surface area contributed by atoms with Crippen LogP contribution in [0.4, 0.5) is 11.5 Å². The average Bonchev–Trinajstić information content (AvgIpc) is 3.23. The van der Waals surface area contributed by atoms with E-state index in [1.165, 1.54) is 0 Å². The predicted molar refractivity (Wildman–Crippen MR) is 120 cm³/mol. The maximum absolute atomic E-state index is 12.0. The molecular formula is C23H21N3O3S. The van der Waals surface area contributed by atoms with Crippen LogP contribution in [0.2, 0.25) is 0 Å². The average molecular weight is 420 g/mol. The summed E-state index contributed by atoms with van der Waals surface area (Å²) in [5.74, 6) is 1.21. The number of thiophene rings is 1. The second-order valence-corrected chi connectivity index (χ2v) is 7.48. The van der Waals surface area contributed by atoms with Gasteiger partial charge in [-0.25, -0.2) is 14.8 Å². The minimum Gasteiger partial charge on any atom is -0.497 e. The van der Waals surface area contributed by atoms with Crippen LogP contribution in [-0.2, 0) is 4.74 Å². The minimum absolute atomic E-state index is 0.313. The summed E-state index contributed by atoms with van der Waals surface area (Å²) in [4.78, 5) is 21.8. The zero-order valence-electron chi connectivity index (χ0n) is 16.7. The number of nitrogens with one attached hydrogen (secondary N) is 1. The van der Waals surface area contributed by atoms with Crippen molar-refractivity contribution in [2.75, 3.05) is 19.0 Å². The summed E-state index contributed by atoms with van der Waals surface area (Å²) in [6.07, 6.45) is 2.35. The SMILES string of the molecule is CCCOC(=O)c1ccc(Nc2ncnc3scc(-c4ccc(OC)cc4)c23)cc1. The van der Waals surface area contributed by atoms with Gasteiger partial charge in [0.05, 0.1) is 24.7 Å². The molecule has 0 bridgehead atoms. The van der Waals surface area contributed by atoms with Gasteiger partial charge in [0.1, 0.15) is 22.7 Å². The fraction of sp³-hybridized carbons (Fsp3) is 0.174. The number of carbonyl (C=O) groups excluding carboxylic acids is 1. The van der Waals surface area contributed by atoms with Crippen molar-refractivity contribution >= 4 is 39.0 Å². The lowest BCUT2D eigenvalue weighted by molar-refractivity contribution is 0.0505. The van der Waals surface area contributed by atoms with Crippen molar-refractivity contribution in [3.63, 3.8) is 0 Å². The van der Waals surface area contributed by atoms with Crippen LogP contribution in [0.1, 0.15) is 23.7 Å². The molecule has 0 saturated carbocycles. The number of nitrogens with zero attached hydrogens (tertiary/aromatic N) is 2. The Morgan fingerprint density at radius 3 is 2.53 bits per heavy atom. The maximum Gasteiger partial charge on any atom is 0.338 e. The molecule has 0 radical (unpaired) electrons. The summed E-state index contributed by atoms with van der Waals surface area (Å²) in [6, 6.07) is 15.1. The summed E-state index contributed by atoms with van der Waals surface area (Å²) in [7, 11) is 1.65. The van der Waals surface area contributed by atoms with Gasteiger partial charge in [0.15, 0.2) is 0 Å². The highest BCUT2D eigenvalue weighted by Crippen LogP contribution is 2.37. The van der Waals surface area contributed by atoms with E-state index >= 15 is 0 Å². The molecule has 0 aliphatic rings. The van der Waals surface area contributed by atoms with Gasteiger partial charge >= 0.3 is 5.97 Å². The lowest BCUT2D eigenvalue weighted by Gasteiger charge is -2.10. The van der Waals surface area contributed by atoms with E-state index in [1.54, 1.807) is 36.9 Å². The Bertz CT molecular complexity index is 1150. The molecule has 4 rings (SSSR count). The Labute approximate surface area is 178 Å².